The lowest BCUT2D eigenvalue weighted by atomic mass is 9.86. The molecule has 0 saturated carbocycles. The predicted molar refractivity (Wildman–Crippen MR) is 144 cm³/mol. The summed E-state index contributed by atoms with van der Waals surface area (Å²) in [7, 11) is 0. The number of carbonyl (C=O) groups is 1. The van der Waals surface area contributed by atoms with Gasteiger partial charge in [-0.1, -0.05) is 50.0 Å². The maximum absolute atomic E-state index is 11.1. The van der Waals surface area contributed by atoms with E-state index in [1.165, 1.54) is 0 Å². The molecule has 4 rings (SSSR count). The number of aliphatic hydroxyl groups is 1. The Morgan fingerprint density at radius 2 is 1.17 bits per heavy atom. The fourth-order valence-corrected chi connectivity index (χ4v) is 4.94. The summed E-state index contributed by atoms with van der Waals surface area (Å²) in [5.74, 6) is -0.989. The molecular weight excluding hydrogens is 511 g/mol. The second-order valence-electron chi connectivity index (χ2n) is 9.85. The third-order valence-electron chi connectivity index (χ3n) is 7.07. The summed E-state index contributed by atoms with van der Waals surface area (Å²) >= 11 is 9.53. The topological polar surface area (TPSA) is 92.7 Å². The molecule has 4 heterocycles. The zero-order valence-electron chi connectivity index (χ0n) is 20.9. The summed E-state index contributed by atoms with van der Waals surface area (Å²) in [6, 6.07) is 0. The molecule has 0 unspecified atom stereocenters. The molecule has 1 N–H and O–H groups in total. The first-order chi connectivity index (χ1) is 15.3. The number of rotatable bonds is 4. The van der Waals surface area contributed by atoms with E-state index in [2.05, 4.69) is 6.92 Å². The van der Waals surface area contributed by atoms with Crippen LogP contribution in [0.3, 0.4) is 0 Å². The van der Waals surface area contributed by atoms with Gasteiger partial charge in [-0.05, 0) is 40.5 Å². The number of hydrogen-bond donors (Lipinski definition) is 1. The van der Waals surface area contributed by atoms with Crippen molar-refractivity contribution in [1.82, 2.24) is 0 Å². The van der Waals surface area contributed by atoms with Crippen molar-refractivity contribution in [2.75, 3.05) is 11.9 Å². The number of alkyl halides is 2. The SMILES string of the molecule is C.C.C.CC[C@@]1(C=O)O[C@@H]2OC(C)(C)O[C@@H]2[C@@H]1C.CC[C@@]1(CO)O[C@@H]2OC(C)(C)O[C@@H]2[C@@H]1C.ClCCl. The van der Waals surface area contributed by atoms with Crippen LogP contribution in [0.2, 0.25) is 0 Å². The van der Waals surface area contributed by atoms with Crippen molar-refractivity contribution >= 4 is 29.5 Å². The highest BCUT2D eigenvalue weighted by molar-refractivity contribution is 6.40. The van der Waals surface area contributed by atoms with Gasteiger partial charge in [0.15, 0.2) is 30.4 Å². The Hall–Kier alpha value is -0.0300. The maximum Gasteiger partial charge on any atom is 0.188 e. The molecular formula is C26H52Cl2O8. The minimum Gasteiger partial charge on any atom is -0.393 e. The highest BCUT2D eigenvalue weighted by atomic mass is 35.5. The van der Waals surface area contributed by atoms with E-state index >= 15 is 0 Å². The van der Waals surface area contributed by atoms with Gasteiger partial charge in [0, 0.05) is 11.8 Å². The normalized spacial score (nSPS) is 40.5. The average molecular weight is 564 g/mol. The van der Waals surface area contributed by atoms with Gasteiger partial charge in [-0.3, -0.25) is 0 Å². The van der Waals surface area contributed by atoms with Gasteiger partial charge in [0.2, 0.25) is 0 Å². The molecule has 0 bridgehead atoms. The Morgan fingerprint density at radius 3 is 1.47 bits per heavy atom. The second-order valence-corrected chi connectivity index (χ2v) is 10.7. The maximum atomic E-state index is 11.1. The minimum absolute atomic E-state index is 0. The van der Waals surface area contributed by atoms with Gasteiger partial charge in [-0.2, -0.15) is 0 Å². The second kappa shape index (κ2) is 14.4. The zero-order chi connectivity index (χ0) is 25.2. The molecule has 0 spiro atoms. The number of fused-ring (bicyclic) bond motifs is 2. The molecule has 0 aromatic carbocycles. The number of aliphatic hydroxyl groups excluding tert-OH is 1. The first-order valence-corrected chi connectivity index (χ1v) is 12.6. The van der Waals surface area contributed by atoms with Crippen LogP contribution >= 0.6 is 23.2 Å². The standard InChI is InChI=1S/C11H20O4.C11H18O4.CH2Cl2.3CH4/c2*1-5-11(6-12)7(2)8-9(15-11)14-10(3,4)13-8;2-1-3;;;/h7-9,12H,5-6H2,1-4H3;6-9H,5H2,1-4H3;1H2;3*1H4/t2*7-,8+,9-,11-;;;;/m00..../s1. The van der Waals surface area contributed by atoms with E-state index in [1.54, 1.807) is 0 Å². The quantitative estimate of drug-likeness (QED) is 0.325. The van der Waals surface area contributed by atoms with E-state index in [9.17, 15) is 9.90 Å². The molecule has 4 fully saturated rings. The molecule has 4 aliphatic rings. The summed E-state index contributed by atoms with van der Waals surface area (Å²) in [6.07, 6.45) is 1.37. The molecule has 8 nitrogen and oxygen atoms in total. The molecule has 0 aromatic heterocycles. The van der Waals surface area contributed by atoms with Crippen LogP contribution in [0.15, 0.2) is 0 Å². The lowest BCUT2D eigenvalue weighted by molar-refractivity contribution is -0.238. The van der Waals surface area contributed by atoms with Crippen molar-refractivity contribution in [3.05, 3.63) is 0 Å². The van der Waals surface area contributed by atoms with Gasteiger partial charge < -0.3 is 38.3 Å². The number of hydrogen-bond acceptors (Lipinski definition) is 8. The summed E-state index contributed by atoms with van der Waals surface area (Å²) in [5, 5.41) is 9.63. The molecule has 0 radical (unpaired) electrons. The van der Waals surface area contributed by atoms with Gasteiger partial charge in [-0.15, -0.1) is 23.2 Å². The van der Waals surface area contributed by atoms with E-state index in [4.69, 9.17) is 51.6 Å². The first-order valence-electron chi connectivity index (χ1n) is 11.6. The third-order valence-corrected chi connectivity index (χ3v) is 7.07. The molecule has 218 valence electrons. The van der Waals surface area contributed by atoms with Crippen molar-refractivity contribution in [2.45, 2.75) is 138 Å². The number of halogens is 2. The van der Waals surface area contributed by atoms with Crippen LogP contribution in [0.1, 0.15) is 90.5 Å². The van der Waals surface area contributed by atoms with Crippen LogP contribution in [0, 0.1) is 11.8 Å². The average Bonchev–Trinajstić information content (AvgIpc) is 3.38. The van der Waals surface area contributed by atoms with Crippen LogP contribution in [-0.4, -0.2) is 70.9 Å². The molecule has 8 atom stereocenters. The summed E-state index contributed by atoms with van der Waals surface area (Å²) in [5.41, 5.74) is -1.22. The highest BCUT2D eigenvalue weighted by Crippen LogP contribution is 2.47. The van der Waals surface area contributed by atoms with E-state index in [0.717, 1.165) is 12.7 Å². The van der Waals surface area contributed by atoms with E-state index in [1.807, 2.05) is 48.5 Å². The monoisotopic (exact) mass is 562 g/mol. The molecule has 0 aliphatic carbocycles. The fourth-order valence-electron chi connectivity index (χ4n) is 4.94. The van der Waals surface area contributed by atoms with Crippen LogP contribution in [-0.2, 0) is 33.2 Å². The van der Waals surface area contributed by atoms with Crippen LogP contribution < -0.4 is 0 Å². The molecule has 0 amide bonds. The Balaban J connectivity index is 0. The minimum atomic E-state index is -0.730. The van der Waals surface area contributed by atoms with Gasteiger partial charge in [0.25, 0.3) is 0 Å². The Labute approximate surface area is 229 Å². The molecule has 10 heteroatoms. The number of aldehydes is 1. The van der Waals surface area contributed by atoms with Gasteiger partial charge >= 0.3 is 0 Å². The van der Waals surface area contributed by atoms with Gasteiger partial charge in [0.05, 0.1) is 17.5 Å². The highest BCUT2D eigenvalue weighted by Gasteiger charge is 2.60. The van der Waals surface area contributed by atoms with E-state index < -0.39 is 29.1 Å². The Morgan fingerprint density at radius 1 is 0.750 bits per heavy atom. The van der Waals surface area contributed by atoms with Crippen LogP contribution in [0.25, 0.3) is 0 Å². The Kier molecular flexibility index (Phi) is 15.2. The van der Waals surface area contributed by atoms with Crippen molar-refractivity contribution in [2.24, 2.45) is 11.8 Å². The number of carbonyl (C=O) groups excluding carboxylic acids is 1. The van der Waals surface area contributed by atoms with Gasteiger partial charge in [-0.25, -0.2) is 0 Å². The van der Waals surface area contributed by atoms with Crippen LogP contribution in [0.5, 0.6) is 0 Å². The van der Waals surface area contributed by atoms with Crippen molar-refractivity contribution < 1.29 is 38.3 Å². The van der Waals surface area contributed by atoms with E-state index in [0.29, 0.717) is 6.42 Å². The smallest absolute Gasteiger partial charge is 0.188 e. The zero-order valence-corrected chi connectivity index (χ0v) is 22.4. The lowest BCUT2D eigenvalue weighted by Crippen LogP contribution is -2.42. The fraction of sp³-hybridized carbons (Fsp3) is 0.962. The molecule has 4 aliphatic heterocycles. The third kappa shape index (κ3) is 7.54. The van der Waals surface area contributed by atoms with Crippen molar-refractivity contribution in [3.8, 4) is 0 Å². The van der Waals surface area contributed by atoms with Gasteiger partial charge in [0.1, 0.15) is 17.8 Å². The first kappa shape index (κ1) is 38.1. The van der Waals surface area contributed by atoms with Crippen LogP contribution in [0.4, 0.5) is 0 Å². The summed E-state index contributed by atoms with van der Waals surface area (Å²) in [6.45, 7) is 15.5. The summed E-state index contributed by atoms with van der Waals surface area (Å²) < 4.78 is 34.3. The predicted octanol–water partition coefficient (Wildman–Crippen LogP) is 6.08. The van der Waals surface area contributed by atoms with Crippen molar-refractivity contribution in [1.29, 1.82) is 0 Å². The lowest BCUT2D eigenvalue weighted by Gasteiger charge is -2.32. The molecule has 0 aromatic rings. The largest absolute Gasteiger partial charge is 0.393 e. The molecule has 36 heavy (non-hydrogen) atoms. The summed E-state index contributed by atoms with van der Waals surface area (Å²) in [4.78, 5) is 11.1. The van der Waals surface area contributed by atoms with Crippen molar-refractivity contribution in [3.63, 3.8) is 0 Å². The Bertz CT molecular complexity index is 658. The number of ether oxygens (including phenoxy) is 6. The molecule has 4 saturated heterocycles. The van der Waals surface area contributed by atoms with E-state index in [-0.39, 0.29) is 64.6 Å².